The van der Waals surface area contributed by atoms with Crippen LogP contribution in [0.15, 0.2) is 51.4 Å². The molecule has 0 saturated carbocycles. The number of sulfone groups is 1. The second-order valence-electron chi connectivity index (χ2n) is 6.76. The van der Waals surface area contributed by atoms with Gasteiger partial charge in [0.15, 0.2) is 0 Å². The summed E-state index contributed by atoms with van der Waals surface area (Å²) in [7, 11) is -0.394. The van der Waals surface area contributed by atoms with E-state index in [1.165, 1.54) is 43.8 Å². The zero-order chi connectivity index (χ0) is 20.1. The van der Waals surface area contributed by atoms with Crippen molar-refractivity contribution >= 4 is 27.1 Å². The summed E-state index contributed by atoms with van der Waals surface area (Å²) in [6, 6.07) is 3.29. The van der Waals surface area contributed by atoms with Gasteiger partial charge in [-0.3, -0.25) is 9.59 Å². The van der Waals surface area contributed by atoms with Crippen molar-refractivity contribution in [3.8, 4) is 11.1 Å². The maximum Gasteiger partial charge on any atom is 0.256 e. The van der Waals surface area contributed by atoms with Gasteiger partial charge in [0.25, 0.3) is 11.5 Å². The molecule has 0 radical (unpaired) electrons. The smallest absolute Gasteiger partial charge is 0.256 e. The van der Waals surface area contributed by atoms with Crippen molar-refractivity contribution in [1.29, 1.82) is 0 Å². The number of amides is 1. The van der Waals surface area contributed by atoms with Crippen molar-refractivity contribution in [2.24, 2.45) is 14.1 Å². The maximum absolute atomic E-state index is 13.0. The average Bonchev–Trinajstić information content (AvgIpc) is 3.26. The first-order valence-electron chi connectivity index (χ1n) is 8.53. The number of carbonyl (C=O) groups excluding carboxylic acids is 1. The Kier molecular flexibility index (Phi) is 4.47. The molecule has 1 aliphatic rings. The first kappa shape index (κ1) is 18.6. The Labute approximate surface area is 165 Å². The summed E-state index contributed by atoms with van der Waals surface area (Å²) in [5.74, 6) is -0.289. The summed E-state index contributed by atoms with van der Waals surface area (Å²) in [5.41, 5.74) is 1.53. The van der Waals surface area contributed by atoms with E-state index in [4.69, 9.17) is 0 Å². The van der Waals surface area contributed by atoms with Gasteiger partial charge in [-0.25, -0.2) is 13.4 Å². The second-order valence-corrected chi connectivity index (χ2v) is 9.66. The summed E-state index contributed by atoms with van der Waals surface area (Å²) >= 11 is 1.47. The Bertz CT molecular complexity index is 1200. The Balaban J connectivity index is 1.60. The van der Waals surface area contributed by atoms with Crippen molar-refractivity contribution in [3.63, 3.8) is 0 Å². The van der Waals surface area contributed by atoms with Crippen LogP contribution < -0.4 is 5.56 Å². The standard InChI is InChI=1S/C18H18N4O4S2/c1-20-5-4-19-18(20)28(25,26)13-8-22(9-13)17(24)15-10-21(2)16(23)7-14(15)12-3-6-27-11-12/h3-7,10-11,13H,8-9H2,1-2H3. The highest BCUT2D eigenvalue weighted by molar-refractivity contribution is 7.92. The molecule has 4 heterocycles. The molecule has 4 rings (SSSR count). The molecule has 3 aromatic rings. The van der Waals surface area contributed by atoms with Gasteiger partial charge >= 0.3 is 0 Å². The van der Waals surface area contributed by atoms with E-state index in [0.717, 1.165) is 5.56 Å². The van der Waals surface area contributed by atoms with Crippen LogP contribution in [0.2, 0.25) is 0 Å². The van der Waals surface area contributed by atoms with Gasteiger partial charge in [-0.2, -0.15) is 11.3 Å². The summed E-state index contributed by atoms with van der Waals surface area (Å²) in [6.07, 6.45) is 4.52. The Morgan fingerprint density at radius 1 is 1.25 bits per heavy atom. The number of likely N-dealkylation sites (tertiary alicyclic amines) is 1. The molecule has 0 bridgehead atoms. The zero-order valence-electron chi connectivity index (χ0n) is 15.3. The molecule has 1 amide bonds. The molecule has 28 heavy (non-hydrogen) atoms. The lowest BCUT2D eigenvalue weighted by Gasteiger charge is -2.38. The van der Waals surface area contributed by atoms with Gasteiger partial charge in [-0.05, 0) is 22.4 Å². The summed E-state index contributed by atoms with van der Waals surface area (Å²) in [4.78, 5) is 30.5. The topological polar surface area (TPSA) is 94.3 Å². The highest BCUT2D eigenvalue weighted by atomic mass is 32.2. The van der Waals surface area contributed by atoms with E-state index in [1.807, 2.05) is 16.8 Å². The minimum Gasteiger partial charge on any atom is -0.336 e. The number of aromatic nitrogens is 3. The van der Waals surface area contributed by atoms with Crippen LogP contribution in [0.5, 0.6) is 0 Å². The van der Waals surface area contributed by atoms with Crippen molar-refractivity contribution in [3.05, 3.63) is 57.4 Å². The van der Waals surface area contributed by atoms with Gasteiger partial charge in [0, 0.05) is 57.4 Å². The SMILES string of the molecule is Cn1ccnc1S(=O)(=O)C1CN(C(=O)c2cn(C)c(=O)cc2-c2ccsc2)C1. The Morgan fingerprint density at radius 2 is 2.00 bits per heavy atom. The average molecular weight is 419 g/mol. The van der Waals surface area contributed by atoms with E-state index >= 15 is 0 Å². The molecule has 0 unspecified atom stereocenters. The number of hydrogen-bond acceptors (Lipinski definition) is 6. The lowest BCUT2D eigenvalue weighted by molar-refractivity contribution is 0.0658. The Morgan fingerprint density at radius 3 is 2.61 bits per heavy atom. The van der Waals surface area contributed by atoms with Crippen LogP contribution in [0.1, 0.15) is 10.4 Å². The van der Waals surface area contributed by atoms with Gasteiger partial charge in [0.05, 0.1) is 5.56 Å². The predicted octanol–water partition coefficient (Wildman–Crippen LogP) is 1.15. The lowest BCUT2D eigenvalue weighted by atomic mass is 10.0. The molecular weight excluding hydrogens is 400 g/mol. The van der Waals surface area contributed by atoms with Gasteiger partial charge in [0.1, 0.15) is 5.25 Å². The molecule has 10 heteroatoms. The van der Waals surface area contributed by atoms with Crippen LogP contribution in [0.25, 0.3) is 11.1 Å². The minimum atomic E-state index is -3.60. The van der Waals surface area contributed by atoms with E-state index in [-0.39, 0.29) is 29.7 Å². The van der Waals surface area contributed by atoms with Gasteiger partial charge < -0.3 is 14.0 Å². The molecule has 0 spiro atoms. The number of aryl methyl sites for hydroxylation is 2. The predicted molar refractivity (Wildman–Crippen MR) is 105 cm³/mol. The fourth-order valence-corrected chi connectivity index (χ4v) is 5.58. The molecule has 0 aromatic carbocycles. The first-order chi connectivity index (χ1) is 13.3. The van der Waals surface area contributed by atoms with Gasteiger partial charge in [-0.1, -0.05) is 0 Å². The van der Waals surface area contributed by atoms with Crippen LogP contribution in [0.3, 0.4) is 0 Å². The summed E-state index contributed by atoms with van der Waals surface area (Å²) in [6.45, 7) is 0.194. The van der Waals surface area contributed by atoms with Crippen LogP contribution in [0.4, 0.5) is 0 Å². The molecule has 8 nitrogen and oxygen atoms in total. The van der Waals surface area contributed by atoms with E-state index in [0.29, 0.717) is 11.1 Å². The monoisotopic (exact) mass is 418 g/mol. The number of pyridine rings is 1. The Hall–Kier alpha value is -2.72. The molecule has 3 aromatic heterocycles. The number of nitrogens with zero attached hydrogens (tertiary/aromatic N) is 4. The van der Waals surface area contributed by atoms with E-state index in [1.54, 1.807) is 20.3 Å². The number of carbonyl (C=O) groups is 1. The molecule has 146 valence electrons. The zero-order valence-corrected chi connectivity index (χ0v) is 16.9. The van der Waals surface area contributed by atoms with E-state index < -0.39 is 15.1 Å². The van der Waals surface area contributed by atoms with E-state index in [2.05, 4.69) is 4.98 Å². The second kappa shape index (κ2) is 6.71. The molecular formula is C18H18N4O4S2. The number of rotatable bonds is 4. The molecule has 1 saturated heterocycles. The molecule has 0 atom stereocenters. The molecule has 0 N–H and O–H groups in total. The van der Waals surface area contributed by atoms with Gasteiger partial charge in [0.2, 0.25) is 15.0 Å². The third-order valence-corrected chi connectivity index (χ3v) is 7.66. The maximum atomic E-state index is 13.0. The van der Waals surface area contributed by atoms with Crippen LogP contribution in [-0.2, 0) is 23.9 Å². The summed E-state index contributed by atoms with van der Waals surface area (Å²) < 4.78 is 28.2. The largest absolute Gasteiger partial charge is 0.336 e. The normalized spacial score (nSPS) is 14.9. The van der Waals surface area contributed by atoms with Crippen molar-refractivity contribution in [2.45, 2.75) is 10.4 Å². The van der Waals surface area contributed by atoms with E-state index in [9.17, 15) is 18.0 Å². The summed E-state index contributed by atoms with van der Waals surface area (Å²) in [5, 5.41) is 3.07. The van der Waals surface area contributed by atoms with Crippen molar-refractivity contribution in [2.75, 3.05) is 13.1 Å². The van der Waals surface area contributed by atoms with Crippen molar-refractivity contribution in [1.82, 2.24) is 19.0 Å². The quantitative estimate of drug-likeness (QED) is 0.633. The third-order valence-electron chi connectivity index (χ3n) is 4.90. The highest BCUT2D eigenvalue weighted by Crippen LogP contribution is 2.29. The number of imidazole rings is 1. The fraction of sp³-hybridized carbons (Fsp3) is 0.278. The van der Waals surface area contributed by atoms with Crippen LogP contribution >= 0.6 is 11.3 Å². The van der Waals surface area contributed by atoms with Gasteiger partial charge in [-0.15, -0.1) is 0 Å². The van der Waals surface area contributed by atoms with Crippen LogP contribution in [-0.4, -0.2) is 51.7 Å². The lowest BCUT2D eigenvalue weighted by Crippen LogP contribution is -2.57. The highest BCUT2D eigenvalue weighted by Gasteiger charge is 2.43. The molecule has 1 fully saturated rings. The third kappa shape index (κ3) is 2.98. The molecule has 0 aliphatic carbocycles. The number of hydrogen-bond donors (Lipinski definition) is 0. The molecule has 1 aliphatic heterocycles. The first-order valence-corrected chi connectivity index (χ1v) is 11.0. The van der Waals surface area contributed by atoms with Crippen LogP contribution in [0, 0.1) is 0 Å². The van der Waals surface area contributed by atoms with Crippen molar-refractivity contribution < 1.29 is 13.2 Å². The number of thiophene rings is 1. The fourth-order valence-electron chi connectivity index (χ4n) is 3.20. The minimum absolute atomic E-state index is 0.00525.